The molecule has 2 saturated heterocycles. The number of aliphatic hydroxyl groups excluding tert-OH is 1. The van der Waals surface area contributed by atoms with Crippen LogP contribution >= 0.6 is 0 Å². The molecule has 41 heavy (non-hydrogen) atoms. The smallest absolute Gasteiger partial charge is 0.261 e. The quantitative estimate of drug-likeness (QED) is 0.298. The molecule has 216 valence electrons. The summed E-state index contributed by atoms with van der Waals surface area (Å²) < 4.78 is 14.2. The molecule has 11 heteroatoms. The van der Waals surface area contributed by atoms with Crippen molar-refractivity contribution in [3.63, 3.8) is 0 Å². The lowest BCUT2D eigenvalue weighted by molar-refractivity contribution is -0.143. The van der Waals surface area contributed by atoms with Gasteiger partial charge in [-0.2, -0.15) is 0 Å². The lowest BCUT2D eigenvalue weighted by atomic mass is 9.82. The van der Waals surface area contributed by atoms with Crippen molar-refractivity contribution in [2.45, 2.75) is 63.1 Å². The average Bonchev–Trinajstić information content (AvgIpc) is 3.62. The van der Waals surface area contributed by atoms with E-state index in [0.29, 0.717) is 32.4 Å². The van der Waals surface area contributed by atoms with Crippen LogP contribution in [0.25, 0.3) is 0 Å². The van der Waals surface area contributed by atoms with Crippen molar-refractivity contribution >= 4 is 36.4 Å². The molecule has 0 aliphatic carbocycles. The highest BCUT2D eigenvalue weighted by molar-refractivity contribution is 6.91. The molecule has 2 aromatic carbocycles. The average molecular weight is 576 g/mol. The van der Waals surface area contributed by atoms with E-state index in [1.54, 1.807) is 16.7 Å². The second-order valence-corrected chi connectivity index (χ2v) is 16.6. The first-order chi connectivity index (χ1) is 19.7. The molecule has 4 heterocycles. The summed E-state index contributed by atoms with van der Waals surface area (Å²) >= 11 is 0. The van der Waals surface area contributed by atoms with Gasteiger partial charge in [0, 0.05) is 61.6 Å². The Hall–Kier alpha value is -3.54. The van der Waals surface area contributed by atoms with Crippen LogP contribution in [0.1, 0.15) is 31.0 Å². The second-order valence-electron chi connectivity index (χ2n) is 11.9. The molecule has 3 aromatic rings. The van der Waals surface area contributed by atoms with Gasteiger partial charge in [-0.15, -0.1) is 5.10 Å². The third kappa shape index (κ3) is 4.47. The summed E-state index contributed by atoms with van der Waals surface area (Å²) in [6, 6.07) is 14.1. The molecular formula is C30H37N5O5Si. The Balaban J connectivity index is 1.39. The maximum atomic E-state index is 13.9. The van der Waals surface area contributed by atoms with Crippen LogP contribution in [-0.4, -0.2) is 66.4 Å². The summed E-state index contributed by atoms with van der Waals surface area (Å²) in [6.45, 7) is 8.13. The Morgan fingerprint density at radius 1 is 1.20 bits per heavy atom. The van der Waals surface area contributed by atoms with Gasteiger partial charge in [0.1, 0.15) is 5.75 Å². The van der Waals surface area contributed by atoms with E-state index in [4.69, 9.17) is 9.47 Å². The number of β-lactam (4-membered cyclic amide) rings is 1. The van der Waals surface area contributed by atoms with Gasteiger partial charge in [-0.05, 0) is 42.3 Å². The molecule has 2 fully saturated rings. The third-order valence-corrected chi connectivity index (χ3v) is 13.7. The summed E-state index contributed by atoms with van der Waals surface area (Å²) in [5.74, 6) is 0.629. The van der Waals surface area contributed by atoms with Crippen molar-refractivity contribution in [3.05, 3.63) is 59.9 Å². The molecule has 0 unspecified atom stereocenters. The number of nitrogens with zero attached hydrogens (tertiary/aromatic N) is 4. The minimum Gasteiger partial charge on any atom is -0.497 e. The fourth-order valence-electron chi connectivity index (χ4n) is 7.08. The van der Waals surface area contributed by atoms with E-state index >= 15 is 0 Å². The first kappa shape index (κ1) is 27.6. The van der Waals surface area contributed by atoms with E-state index in [1.165, 1.54) is 5.19 Å². The number of rotatable bonds is 9. The van der Waals surface area contributed by atoms with Gasteiger partial charge in [-0.25, -0.2) is 0 Å². The SMILES string of the molecule is COc1ccc([Si](C)(C)[C@@H]2[C@@H](CCn3cc(CCO)nn3)O[C@]3(C(=O)Nc4ccc(N5CCC5=O)cc43)[C@H]2C)cc1. The second kappa shape index (κ2) is 10.4. The van der Waals surface area contributed by atoms with Crippen LogP contribution in [0.2, 0.25) is 18.6 Å². The van der Waals surface area contributed by atoms with Crippen molar-refractivity contribution in [1.82, 2.24) is 15.0 Å². The minimum atomic E-state index is -2.24. The zero-order chi connectivity index (χ0) is 28.9. The van der Waals surface area contributed by atoms with Crippen molar-refractivity contribution in [1.29, 1.82) is 0 Å². The van der Waals surface area contributed by atoms with Crippen LogP contribution in [0, 0.1) is 5.92 Å². The van der Waals surface area contributed by atoms with Crippen molar-refractivity contribution < 1.29 is 24.2 Å². The van der Waals surface area contributed by atoms with Gasteiger partial charge in [0.25, 0.3) is 5.91 Å². The van der Waals surface area contributed by atoms with Gasteiger partial charge in [0.2, 0.25) is 5.91 Å². The monoisotopic (exact) mass is 575 g/mol. The maximum absolute atomic E-state index is 13.9. The number of nitrogens with one attached hydrogen (secondary N) is 1. The summed E-state index contributed by atoms with van der Waals surface area (Å²) in [5, 5.41) is 22.1. The van der Waals surface area contributed by atoms with Gasteiger partial charge in [-0.1, -0.05) is 42.6 Å². The first-order valence-electron chi connectivity index (χ1n) is 14.3. The maximum Gasteiger partial charge on any atom is 0.261 e. The van der Waals surface area contributed by atoms with Crippen LogP contribution in [0.4, 0.5) is 11.4 Å². The highest BCUT2D eigenvalue weighted by atomic mass is 28.3. The zero-order valence-electron chi connectivity index (χ0n) is 24.0. The highest BCUT2D eigenvalue weighted by Crippen LogP contribution is 2.59. The van der Waals surface area contributed by atoms with E-state index in [1.807, 2.05) is 36.5 Å². The highest BCUT2D eigenvalue weighted by Gasteiger charge is 2.64. The van der Waals surface area contributed by atoms with E-state index in [0.717, 1.165) is 28.4 Å². The fraction of sp³-hybridized carbons (Fsp3) is 0.467. The number of hydrogen-bond acceptors (Lipinski definition) is 7. The van der Waals surface area contributed by atoms with E-state index < -0.39 is 13.7 Å². The number of aryl methyl sites for hydroxylation is 1. The van der Waals surface area contributed by atoms with Crippen molar-refractivity contribution in [3.8, 4) is 5.75 Å². The van der Waals surface area contributed by atoms with Crippen molar-refractivity contribution in [2.75, 3.05) is 30.5 Å². The predicted octanol–water partition coefficient (Wildman–Crippen LogP) is 2.82. The number of carbonyl (C=O) groups excluding carboxylic acids is 2. The third-order valence-electron chi connectivity index (χ3n) is 9.33. The van der Waals surface area contributed by atoms with Gasteiger partial charge >= 0.3 is 0 Å². The zero-order valence-corrected chi connectivity index (χ0v) is 25.0. The van der Waals surface area contributed by atoms with E-state index in [9.17, 15) is 14.7 Å². The van der Waals surface area contributed by atoms with E-state index in [2.05, 4.69) is 47.8 Å². The number of methoxy groups -OCH3 is 1. The van der Waals surface area contributed by atoms with Gasteiger partial charge < -0.3 is 24.8 Å². The molecular weight excluding hydrogens is 538 g/mol. The van der Waals surface area contributed by atoms with Crippen molar-refractivity contribution in [2.24, 2.45) is 5.92 Å². The molecule has 3 aliphatic rings. The number of aliphatic hydroxyl groups is 1. The van der Waals surface area contributed by atoms with Gasteiger partial charge in [-0.3, -0.25) is 14.3 Å². The Labute approximate surface area is 240 Å². The number of hydrogen-bond donors (Lipinski definition) is 2. The molecule has 2 N–H and O–H groups in total. The number of fused-ring (bicyclic) bond motifs is 2. The fourth-order valence-corrected chi connectivity index (χ4v) is 11.1. The molecule has 0 bridgehead atoms. The van der Waals surface area contributed by atoms with Crippen LogP contribution in [0.5, 0.6) is 5.75 Å². The van der Waals surface area contributed by atoms with E-state index in [-0.39, 0.29) is 36.0 Å². The number of carbonyl (C=O) groups is 2. The first-order valence-corrected chi connectivity index (χ1v) is 17.4. The summed E-state index contributed by atoms with van der Waals surface area (Å²) in [7, 11) is -0.579. The van der Waals surface area contributed by atoms with Crippen LogP contribution < -0.4 is 20.1 Å². The summed E-state index contributed by atoms with van der Waals surface area (Å²) in [5.41, 5.74) is 2.04. The number of amides is 2. The molecule has 1 aromatic heterocycles. The standard InChI is InChI=1S/C30H37N5O5Si/c1-19-28(41(3,4)23-8-6-22(39-2)7-9-23)26(11-14-34-18-20(13-16-36)32-33-34)40-30(19)24-17-21(35-15-12-27(35)37)5-10-25(24)31-29(30)38/h5-10,17-19,26,28,36H,11-16H2,1-4H3,(H,31,38)/t19-,26+,28-,30+/m0/s1. The lowest BCUT2D eigenvalue weighted by Gasteiger charge is -2.37. The molecule has 0 saturated carbocycles. The molecule has 1 spiro atoms. The molecule has 0 radical (unpaired) electrons. The van der Waals surface area contributed by atoms with Crippen LogP contribution in [0.15, 0.2) is 48.7 Å². The minimum absolute atomic E-state index is 0.0216. The normalized spacial score (nSPS) is 25.4. The molecule has 6 rings (SSSR count). The Morgan fingerprint density at radius 2 is 1.98 bits per heavy atom. The topological polar surface area (TPSA) is 119 Å². The van der Waals surface area contributed by atoms with Crippen LogP contribution in [-0.2, 0) is 32.9 Å². The molecule has 4 atom stereocenters. The van der Waals surface area contributed by atoms with Gasteiger partial charge in [0.05, 0.1) is 27.0 Å². The largest absolute Gasteiger partial charge is 0.497 e. The summed E-state index contributed by atoms with van der Waals surface area (Å²) in [6.07, 6.45) is 3.29. The molecule has 3 aliphatic heterocycles. The number of ether oxygens (including phenoxy) is 2. The summed E-state index contributed by atoms with van der Waals surface area (Å²) in [4.78, 5) is 27.9. The predicted molar refractivity (Wildman–Crippen MR) is 157 cm³/mol. The Bertz CT molecular complexity index is 1470. The molecule has 10 nitrogen and oxygen atoms in total. The lowest BCUT2D eigenvalue weighted by Crippen LogP contribution is -2.51. The Morgan fingerprint density at radius 3 is 2.63 bits per heavy atom. The van der Waals surface area contributed by atoms with Gasteiger partial charge in [0.15, 0.2) is 5.60 Å². The molecule has 2 amide bonds. The number of benzene rings is 2. The number of aromatic nitrogens is 3. The van der Waals surface area contributed by atoms with Crippen LogP contribution in [0.3, 0.4) is 0 Å². The number of anilines is 2. The Kier molecular flexibility index (Phi) is 6.99.